The fourth-order valence-electron chi connectivity index (χ4n) is 5.15. The lowest BCUT2D eigenvalue weighted by Crippen LogP contribution is -2.55. The quantitative estimate of drug-likeness (QED) is 0.401. The van der Waals surface area contributed by atoms with Crippen LogP contribution in [-0.4, -0.2) is 51.3 Å². The lowest BCUT2D eigenvalue weighted by molar-refractivity contribution is -0.149. The number of amides is 1. The number of aromatic nitrogens is 2. The lowest BCUT2D eigenvalue weighted by Gasteiger charge is -2.37. The van der Waals surface area contributed by atoms with E-state index in [0.29, 0.717) is 22.7 Å². The fourth-order valence-corrected chi connectivity index (χ4v) is 6.68. The monoisotopic (exact) mass is 575 g/mol. The summed E-state index contributed by atoms with van der Waals surface area (Å²) >= 11 is 5.01. The van der Waals surface area contributed by atoms with Gasteiger partial charge in [-0.05, 0) is 36.5 Å². The first-order chi connectivity index (χ1) is 17.0. The van der Waals surface area contributed by atoms with E-state index in [1.165, 1.54) is 16.2 Å². The van der Waals surface area contributed by atoms with Crippen LogP contribution in [0.2, 0.25) is 0 Å². The first kappa shape index (κ1) is 26.5. The highest BCUT2D eigenvalue weighted by atomic mass is 79.9. The molecular formula is C26H30BrN3O5S. The number of hydrogen-bond acceptors (Lipinski definition) is 7. The lowest BCUT2D eigenvalue weighted by atomic mass is 9.86. The number of methoxy groups -OCH3 is 1. The number of nitrogens with zero attached hydrogens (tertiary/aromatic N) is 3. The highest BCUT2D eigenvalue weighted by molar-refractivity contribution is 9.10. The Labute approximate surface area is 222 Å². The molecule has 1 N–H and O–H groups in total. The minimum atomic E-state index is -1.54. The number of benzene rings is 1. The van der Waals surface area contributed by atoms with Gasteiger partial charge in [-0.3, -0.25) is 4.79 Å². The van der Waals surface area contributed by atoms with E-state index in [9.17, 15) is 14.7 Å². The van der Waals surface area contributed by atoms with Crippen LogP contribution in [0.1, 0.15) is 66.3 Å². The normalized spacial score (nSPS) is 22.2. The number of carbonyl (C=O) groups excluding carboxylic acids is 1. The van der Waals surface area contributed by atoms with Crippen molar-refractivity contribution in [2.24, 2.45) is 5.92 Å². The number of carbonyl (C=O) groups is 2. The molecule has 0 bridgehead atoms. The van der Waals surface area contributed by atoms with E-state index in [4.69, 9.17) is 9.26 Å². The Kier molecular flexibility index (Phi) is 7.41. The van der Waals surface area contributed by atoms with Gasteiger partial charge in [-0.25, -0.2) is 9.78 Å². The summed E-state index contributed by atoms with van der Waals surface area (Å²) in [5, 5.41) is 16.7. The van der Waals surface area contributed by atoms with E-state index in [-0.39, 0.29) is 30.8 Å². The second kappa shape index (κ2) is 10.1. The highest BCUT2D eigenvalue weighted by Crippen LogP contribution is 2.49. The number of likely N-dealkylation sites (tertiary alicyclic amines) is 1. The molecule has 0 saturated carbocycles. The van der Waals surface area contributed by atoms with E-state index < -0.39 is 23.5 Å². The third-order valence-corrected chi connectivity index (χ3v) is 8.01. The number of aryl methyl sites for hydroxylation is 1. The first-order valence-corrected chi connectivity index (χ1v) is 13.4. The molecule has 0 spiro atoms. The van der Waals surface area contributed by atoms with Crippen LogP contribution >= 0.6 is 27.3 Å². The Morgan fingerprint density at radius 3 is 2.61 bits per heavy atom. The minimum absolute atomic E-state index is 0.0758. The fraction of sp³-hybridized carbons (Fsp3) is 0.462. The van der Waals surface area contributed by atoms with Crippen molar-refractivity contribution in [2.45, 2.75) is 57.5 Å². The third kappa shape index (κ3) is 4.86. The largest absolute Gasteiger partial charge is 0.479 e. The molecule has 1 aromatic carbocycles. The molecule has 192 valence electrons. The summed E-state index contributed by atoms with van der Waals surface area (Å²) < 4.78 is 11.6. The molecule has 1 aliphatic heterocycles. The molecule has 1 saturated heterocycles. The molecule has 3 atom stereocenters. The van der Waals surface area contributed by atoms with Gasteiger partial charge in [0.1, 0.15) is 17.0 Å². The van der Waals surface area contributed by atoms with Crippen molar-refractivity contribution in [1.29, 1.82) is 0 Å². The Hall–Kier alpha value is -2.56. The molecule has 0 aliphatic carbocycles. The van der Waals surface area contributed by atoms with Gasteiger partial charge in [-0.1, -0.05) is 47.9 Å². The molecular weight excluding hydrogens is 546 g/mol. The Morgan fingerprint density at radius 2 is 2.08 bits per heavy atom. The van der Waals surface area contributed by atoms with E-state index in [1.54, 1.807) is 37.7 Å². The zero-order valence-corrected chi connectivity index (χ0v) is 23.4. The van der Waals surface area contributed by atoms with E-state index in [0.717, 1.165) is 10.0 Å². The average Bonchev–Trinajstić information content (AvgIpc) is 3.52. The Morgan fingerprint density at radius 1 is 1.33 bits per heavy atom. The summed E-state index contributed by atoms with van der Waals surface area (Å²) in [5.74, 6) is -1.20. The number of halogens is 1. The van der Waals surface area contributed by atoms with Crippen molar-refractivity contribution in [1.82, 2.24) is 15.0 Å². The number of ether oxygens (including phenoxy) is 1. The van der Waals surface area contributed by atoms with E-state index >= 15 is 0 Å². The molecule has 10 heteroatoms. The van der Waals surface area contributed by atoms with Crippen molar-refractivity contribution in [3.05, 3.63) is 67.9 Å². The van der Waals surface area contributed by atoms with Gasteiger partial charge in [-0.15, -0.1) is 11.3 Å². The predicted octanol–water partition coefficient (Wildman–Crippen LogP) is 5.42. The maximum atomic E-state index is 14.3. The first-order valence-electron chi connectivity index (χ1n) is 11.6. The molecule has 36 heavy (non-hydrogen) atoms. The zero-order valence-electron chi connectivity index (χ0n) is 20.9. The van der Waals surface area contributed by atoms with Crippen molar-refractivity contribution in [3.63, 3.8) is 0 Å². The van der Waals surface area contributed by atoms with Crippen LogP contribution in [0.4, 0.5) is 0 Å². The van der Waals surface area contributed by atoms with Crippen LogP contribution in [0.25, 0.3) is 0 Å². The zero-order chi connectivity index (χ0) is 26.3. The average molecular weight is 577 g/mol. The van der Waals surface area contributed by atoms with Crippen LogP contribution in [0.15, 0.2) is 44.2 Å². The van der Waals surface area contributed by atoms with Gasteiger partial charge >= 0.3 is 5.97 Å². The number of carboxylic acids is 1. The topological polar surface area (TPSA) is 106 Å². The number of aliphatic carboxylic acids is 1. The van der Waals surface area contributed by atoms with Crippen LogP contribution in [0.3, 0.4) is 0 Å². The minimum Gasteiger partial charge on any atom is -0.479 e. The molecule has 1 fully saturated rings. The van der Waals surface area contributed by atoms with Gasteiger partial charge in [0.2, 0.25) is 0 Å². The van der Waals surface area contributed by atoms with Gasteiger partial charge in [0.25, 0.3) is 5.91 Å². The second-order valence-electron chi connectivity index (χ2n) is 10.3. The summed E-state index contributed by atoms with van der Waals surface area (Å²) in [6.45, 7) is 8.31. The molecule has 8 nitrogen and oxygen atoms in total. The highest BCUT2D eigenvalue weighted by Gasteiger charge is 2.59. The summed E-state index contributed by atoms with van der Waals surface area (Å²) in [5.41, 5.74) is 2.57. The Balaban J connectivity index is 1.89. The Bertz CT molecular complexity index is 1250. The molecule has 4 rings (SSSR count). The molecule has 2 aromatic heterocycles. The van der Waals surface area contributed by atoms with Crippen molar-refractivity contribution >= 4 is 39.1 Å². The molecule has 0 radical (unpaired) electrons. The predicted molar refractivity (Wildman–Crippen MR) is 139 cm³/mol. The molecule has 1 unspecified atom stereocenters. The van der Waals surface area contributed by atoms with Gasteiger partial charge in [-0.2, -0.15) is 0 Å². The summed E-state index contributed by atoms with van der Waals surface area (Å²) in [6, 6.07) is 6.56. The van der Waals surface area contributed by atoms with Crippen molar-refractivity contribution < 1.29 is 24.0 Å². The van der Waals surface area contributed by atoms with Crippen molar-refractivity contribution in [2.75, 3.05) is 13.7 Å². The van der Waals surface area contributed by atoms with Gasteiger partial charge < -0.3 is 19.3 Å². The van der Waals surface area contributed by atoms with Crippen LogP contribution in [-0.2, 0) is 21.4 Å². The molecule has 3 heterocycles. The smallest absolute Gasteiger partial charge is 0.330 e. The summed E-state index contributed by atoms with van der Waals surface area (Å²) in [7, 11) is 1.57. The molecule has 1 amide bonds. The maximum absolute atomic E-state index is 14.3. The van der Waals surface area contributed by atoms with Gasteiger partial charge in [0.15, 0.2) is 0 Å². The molecule has 1 aliphatic rings. The summed E-state index contributed by atoms with van der Waals surface area (Å²) in [4.78, 5) is 33.2. The van der Waals surface area contributed by atoms with Crippen LogP contribution in [0.5, 0.6) is 0 Å². The SMILES string of the molecule is COC[C@H]1C[C@@](Cc2cscn2)(C(=O)O)N(C(=O)c2ccc(C(C)(C)C)c(Br)c2)C1c1cc(C)on1. The van der Waals surface area contributed by atoms with Crippen LogP contribution in [0, 0.1) is 12.8 Å². The molecule has 3 aromatic rings. The maximum Gasteiger partial charge on any atom is 0.330 e. The van der Waals surface area contributed by atoms with E-state index in [2.05, 4.69) is 46.8 Å². The van der Waals surface area contributed by atoms with Crippen molar-refractivity contribution in [3.8, 4) is 0 Å². The standard InChI is InChI=1S/C26H30BrN3O5S/c1-15-8-21(29-35-15)22-17(12-34-5)10-26(24(32)33,11-18-13-36-14-28-18)30(22)23(31)16-6-7-19(20(27)9-16)25(2,3)4/h6-9,13-14,17,22H,10-12H2,1-5H3,(H,32,33)/t17-,22?,26-/m1/s1. The van der Waals surface area contributed by atoms with Gasteiger partial charge in [0.05, 0.1) is 23.9 Å². The second-order valence-corrected chi connectivity index (χ2v) is 11.9. The van der Waals surface area contributed by atoms with Crippen LogP contribution < -0.4 is 0 Å². The van der Waals surface area contributed by atoms with Gasteiger partial charge in [0, 0.05) is 40.9 Å². The third-order valence-electron chi connectivity index (χ3n) is 6.71. The number of rotatable bonds is 7. The van der Waals surface area contributed by atoms with E-state index in [1.807, 2.05) is 11.4 Å². The number of carboxylic acid groups (broad SMARTS) is 1. The number of hydrogen-bond donors (Lipinski definition) is 1. The number of thiazole rings is 1. The summed E-state index contributed by atoms with van der Waals surface area (Å²) in [6.07, 6.45) is 0.267.